The zero-order valence-corrected chi connectivity index (χ0v) is 19.0. The predicted octanol–water partition coefficient (Wildman–Crippen LogP) is 4.60. The molecule has 1 aliphatic heterocycles. The molecule has 1 atom stereocenters. The van der Waals surface area contributed by atoms with Gasteiger partial charge in [-0.15, -0.1) is 0 Å². The van der Waals surface area contributed by atoms with Gasteiger partial charge in [-0.2, -0.15) is 4.31 Å². The van der Waals surface area contributed by atoms with Crippen LogP contribution in [-0.2, 0) is 14.8 Å². The van der Waals surface area contributed by atoms with Crippen LogP contribution in [0.15, 0.2) is 47.4 Å². The summed E-state index contributed by atoms with van der Waals surface area (Å²) in [4.78, 5) is 17.4. The van der Waals surface area contributed by atoms with Gasteiger partial charge in [-0.05, 0) is 60.7 Å². The number of carbonyl (C=O) groups excluding carboxylic acids is 1. The summed E-state index contributed by atoms with van der Waals surface area (Å²) in [6.45, 7) is 4.68. The Hall–Kier alpha value is -2.36. The molecule has 2 aromatic carbocycles. The lowest BCUT2D eigenvalue weighted by Crippen LogP contribution is -2.43. The third-order valence-corrected chi connectivity index (χ3v) is 8.33. The van der Waals surface area contributed by atoms with Crippen LogP contribution in [0.25, 0.3) is 10.2 Å². The van der Waals surface area contributed by atoms with E-state index in [0.717, 1.165) is 22.3 Å². The number of benzene rings is 2. The number of halogens is 1. The maximum Gasteiger partial charge on any atom is 0.243 e. The van der Waals surface area contributed by atoms with Gasteiger partial charge >= 0.3 is 0 Å². The Morgan fingerprint density at radius 1 is 1.23 bits per heavy atom. The van der Waals surface area contributed by atoms with Crippen LogP contribution < -0.4 is 5.32 Å². The second-order valence-corrected chi connectivity index (χ2v) is 11.0. The normalized spacial score (nSPS) is 17.9. The summed E-state index contributed by atoms with van der Waals surface area (Å²) < 4.78 is 41.3. The quantitative estimate of drug-likeness (QED) is 0.602. The van der Waals surface area contributed by atoms with Gasteiger partial charge in [0.1, 0.15) is 5.82 Å². The Balaban J connectivity index is 1.47. The number of rotatable bonds is 5. The first kappa shape index (κ1) is 21.9. The first-order valence-corrected chi connectivity index (χ1v) is 12.5. The van der Waals surface area contributed by atoms with Gasteiger partial charge in [-0.1, -0.05) is 31.3 Å². The SMILES string of the molecule is CC(C)c1ccc2nc(NC(=O)C3CCCN(S(=O)(=O)c4ccc(F)cc4)C3)sc2c1. The molecule has 0 aliphatic carbocycles. The number of anilines is 1. The van der Waals surface area contributed by atoms with Gasteiger partial charge < -0.3 is 5.32 Å². The molecule has 2 heterocycles. The van der Waals surface area contributed by atoms with Crippen molar-refractivity contribution in [1.29, 1.82) is 0 Å². The van der Waals surface area contributed by atoms with Crippen molar-refractivity contribution >= 4 is 42.6 Å². The van der Waals surface area contributed by atoms with Crippen molar-refractivity contribution in [1.82, 2.24) is 9.29 Å². The maximum atomic E-state index is 13.2. The van der Waals surface area contributed by atoms with Crippen LogP contribution >= 0.6 is 11.3 Å². The van der Waals surface area contributed by atoms with Gasteiger partial charge in [-0.25, -0.2) is 17.8 Å². The lowest BCUT2D eigenvalue weighted by Gasteiger charge is -2.31. The molecular formula is C22H24FN3O3S2. The highest BCUT2D eigenvalue weighted by Gasteiger charge is 2.33. The molecule has 1 saturated heterocycles. The van der Waals surface area contributed by atoms with Crippen LogP contribution in [0.5, 0.6) is 0 Å². The second-order valence-electron chi connectivity index (χ2n) is 8.05. The molecule has 164 valence electrons. The van der Waals surface area contributed by atoms with Gasteiger partial charge in [0, 0.05) is 13.1 Å². The number of hydrogen-bond acceptors (Lipinski definition) is 5. The van der Waals surface area contributed by atoms with Crippen LogP contribution in [0.4, 0.5) is 9.52 Å². The number of carbonyl (C=O) groups is 1. The summed E-state index contributed by atoms with van der Waals surface area (Å²) >= 11 is 1.42. The number of fused-ring (bicyclic) bond motifs is 1. The number of sulfonamides is 1. The van der Waals surface area contributed by atoms with E-state index in [4.69, 9.17) is 0 Å². The van der Waals surface area contributed by atoms with Gasteiger partial charge in [-0.3, -0.25) is 4.79 Å². The van der Waals surface area contributed by atoms with Crippen molar-refractivity contribution in [3.05, 3.63) is 53.8 Å². The molecule has 0 saturated carbocycles. The van der Waals surface area contributed by atoms with E-state index >= 15 is 0 Å². The molecule has 1 unspecified atom stereocenters. The van der Waals surface area contributed by atoms with Crippen molar-refractivity contribution in [2.45, 2.75) is 37.5 Å². The largest absolute Gasteiger partial charge is 0.302 e. The van der Waals surface area contributed by atoms with E-state index in [1.807, 2.05) is 12.1 Å². The molecule has 1 aromatic heterocycles. The molecule has 9 heteroatoms. The van der Waals surface area contributed by atoms with Crippen LogP contribution in [0.2, 0.25) is 0 Å². The Kier molecular flexibility index (Phi) is 6.09. The smallest absolute Gasteiger partial charge is 0.243 e. The molecule has 31 heavy (non-hydrogen) atoms. The molecule has 0 spiro atoms. The molecule has 6 nitrogen and oxygen atoms in total. The monoisotopic (exact) mass is 461 g/mol. The van der Waals surface area contributed by atoms with Crippen molar-refractivity contribution in [3.8, 4) is 0 Å². The average molecular weight is 462 g/mol. The highest BCUT2D eigenvalue weighted by Crippen LogP contribution is 2.30. The van der Waals surface area contributed by atoms with Gasteiger partial charge in [0.2, 0.25) is 15.9 Å². The number of hydrogen-bond donors (Lipinski definition) is 1. The summed E-state index contributed by atoms with van der Waals surface area (Å²) in [7, 11) is -3.78. The summed E-state index contributed by atoms with van der Waals surface area (Å²) in [6, 6.07) is 10.8. The first-order chi connectivity index (χ1) is 14.7. The predicted molar refractivity (Wildman–Crippen MR) is 120 cm³/mol. The standard InChI is InChI=1S/C22H24FN3O3S2/c1-14(2)15-5-10-19-20(12-15)30-22(24-19)25-21(27)16-4-3-11-26(13-16)31(28,29)18-8-6-17(23)7-9-18/h5-10,12,14,16H,3-4,11,13H2,1-2H3,(H,24,25,27). The number of nitrogens with zero attached hydrogens (tertiary/aromatic N) is 2. The summed E-state index contributed by atoms with van der Waals surface area (Å²) in [6.07, 6.45) is 1.18. The van der Waals surface area contributed by atoms with Gasteiger partial charge in [0.15, 0.2) is 5.13 Å². The summed E-state index contributed by atoms with van der Waals surface area (Å²) in [5.74, 6) is -0.795. The summed E-state index contributed by atoms with van der Waals surface area (Å²) in [5.41, 5.74) is 2.04. The third-order valence-electron chi connectivity index (χ3n) is 5.52. The van der Waals surface area contributed by atoms with Crippen LogP contribution in [0.1, 0.15) is 38.2 Å². The Morgan fingerprint density at radius 2 is 1.97 bits per heavy atom. The maximum absolute atomic E-state index is 13.2. The fourth-order valence-corrected chi connectivity index (χ4v) is 6.13. The molecule has 0 bridgehead atoms. The van der Waals surface area contributed by atoms with E-state index in [9.17, 15) is 17.6 Å². The van der Waals surface area contributed by atoms with Crippen LogP contribution in [0.3, 0.4) is 0 Å². The number of nitrogens with one attached hydrogen (secondary N) is 1. The van der Waals surface area contributed by atoms with E-state index in [0.29, 0.717) is 30.4 Å². The third kappa shape index (κ3) is 4.63. The Labute approximate surface area is 185 Å². The highest BCUT2D eigenvalue weighted by molar-refractivity contribution is 7.89. The molecule has 1 fully saturated rings. The van der Waals surface area contributed by atoms with Crippen LogP contribution in [0, 0.1) is 11.7 Å². The van der Waals surface area contributed by atoms with E-state index < -0.39 is 21.8 Å². The van der Waals surface area contributed by atoms with E-state index in [1.54, 1.807) is 0 Å². The van der Waals surface area contributed by atoms with Crippen molar-refractivity contribution in [2.75, 3.05) is 18.4 Å². The zero-order valence-electron chi connectivity index (χ0n) is 17.3. The number of thiazole rings is 1. The molecule has 1 aliphatic rings. The molecular weight excluding hydrogens is 437 g/mol. The molecule has 0 radical (unpaired) electrons. The van der Waals surface area contributed by atoms with E-state index in [-0.39, 0.29) is 17.3 Å². The van der Waals surface area contributed by atoms with Crippen molar-refractivity contribution in [2.24, 2.45) is 5.92 Å². The van der Waals surface area contributed by atoms with Crippen molar-refractivity contribution < 1.29 is 17.6 Å². The molecule has 1 amide bonds. The van der Waals surface area contributed by atoms with E-state index in [2.05, 4.69) is 30.2 Å². The minimum atomic E-state index is -3.78. The van der Waals surface area contributed by atoms with E-state index in [1.165, 1.54) is 33.3 Å². The van der Waals surface area contributed by atoms with Crippen molar-refractivity contribution in [3.63, 3.8) is 0 Å². The lowest BCUT2D eigenvalue weighted by molar-refractivity contribution is -0.120. The fourth-order valence-electron chi connectivity index (χ4n) is 3.69. The second kappa shape index (κ2) is 8.64. The zero-order chi connectivity index (χ0) is 22.2. The Bertz CT molecular complexity index is 1210. The number of amides is 1. The topological polar surface area (TPSA) is 79.4 Å². The molecule has 1 N–H and O–H groups in total. The molecule has 4 rings (SSSR count). The fraction of sp³-hybridized carbons (Fsp3) is 0.364. The number of aromatic nitrogens is 1. The summed E-state index contributed by atoms with van der Waals surface area (Å²) in [5, 5.41) is 3.38. The minimum Gasteiger partial charge on any atom is -0.302 e. The minimum absolute atomic E-state index is 0.0297. The Morgan fingerprint density at radius 3 is 2.68 bits per heavy atom. The van der Waals surface area contributed by atoms with Gasteiger partial charge in [0.25, 0.3) is 0 Å². The average Bonchev–Trinajstić information content (AvgIpc) is 3.15. The van der Waals surface area contributed by atoms with Gasteiger partial charge in [0.05, 0.1) is 21.0 Å². The molecule has 3 aromatic rings. The first-order valence-electron chi connectivity index (χ1n) is 10.2. The van der Waals surface area contributed by atoms with Crippen LogP contribution in [-0.4, -0.2) is 36.7 Å². The highest BCUT2D eigenvalue weighted by atomic mass is 32.2. The lowest BCUT2D eigenvalue weighted by atomic mass is 9.99. The number of piperidine rings is 1.